The molecule has 0 atom stereocenters. The fourth-order valence-electron chi connectivity index (χ4n) is 4.22. The van der Waals surface area contributed by atoms with Crippen molar-refractivity contribution in [3.8, 4) is 34.5 Å². The molecular formula is C31H28N4O2. The van der Waals surface area contributed by atoms with Crippen LogP contribution in [0, 0.1) is 18.3 Å². The normalized spacial score (nSPS) is 10.8. The molecule has 2 heterocycles. The summed E-state index contributed by atoms with van der Waals surface area (Å²) in [5.74, 6) is 2.14. The Morgan fingerprint density at radius 1 is 0.919 bits per heavy atom. The first kappa shape index (κ1) is 24.1. The first-order valence-electron chi connectivity index (χ1n) is 12.4. The molecule has 0 unspecified atom stereocenters. The third-order valence-corrected chi connectivity index (χ3v) is 6.18. The fourth-order valence-corrected chi connectivity index (χ4v) is 4.22. The highest BCUT2D eigenvalue weighted by Crippen LogP contribution is 2.25. The van der Waals surface area contributed by atoms with Crippen molar-refractivity contribution in [1.29, 1.82) is 5.26 Å². The van der Waals surface area contributed by atoms with E-state index in [1.165, 1.54) is 5.56 Å². The van der Waals surface area contributed by atoms with Crippen molar-refractivity contribution in [3.63, 3.8) is 0 Å². The minimum absolute atomic E-state index is 0.340. The molecule has 3 aromatic carbocycles. The molecular weight excluding hydrogens is 460 g/mol. The van der Waals surface area contributed by atoms with Gasteiger partial charge in [-0.15, -0.1) is 0 Å². The largest absolute Gasteiger partial charge is 0.487 e. The number of nitrogens with zero attached hydrogens (tertiary/aromatic N) is 4. The molecule has 0 radical (unpaired) electrons. The second kappa shape index (κ2) is 11.4. The van der Waals surface area contributed by atoms with Crippen LogP contribution in [0.3, 0.4) is 0 Å². The molecule has 6 heteroatoms. The summed E-state index contributed by atoms with van der Waals surface area (Å²) in [6.45, 7) is 2.90. The molecule has 0 aliphatic heterocycles. The van der Waals surface area contributed by atoms with E-state index in [9.17, 15) is 0 Å². The molecule has 184 valence electrons. The van der Waals surface area contributed by atoms with Gasteiger partial charge in [0.2, 0.25) is 5.89 Å². The number of unbranched alkanes of at least 4 members (excludes halogenated alkanes) is 1. The lowest BCUT2D eigenvalue weighted by Crippen LogP contribution is -2.01. The highest BCUT2D eigenvalue weighted by Gasteiger charge is 2.13. The van der Waals surface area contributed by atoms with Crippen LogP contribution in [0.1, 0.15) is 35.4 Å². The van der Waals surface area contributed by atoms with Crippen molar-refractivity contribution in [2.75, 3.05) is 0 Å². The Morgan fingerprint density at radius 3 is 2.32 bits per heavy atom. The van der Waals surface area contributed by atoms with Crippen LogP contribution in [0.15, 0.2) is 95.5 Å². The maximum atomic E-state index is 8.93. The van der Waals surface area contributed by atoms with Crippen LogP contribution in [0.4, 0.5) is 0 Å². The van der Waals surface area contributed by atoms with E-state index in [1.54, 1.807) is 0 Å². The molecule has 0 aliphatic carbocycles. The Labute approximate surface area is 216 Å². The smallest absolute Gasteiger partial charge is 0.226 e. The van der Waals surface area contributed by atoms with E-state index in [2.05, 4.69) is 41.5 Å². The SMILES string of the molecule is Cc1oc(-c2ccccc2)nc1COc1ccc(Cn2cc(CCCC#N)c(-c3ccccc3)n2)cc1. The van der Waals surface area contributed by atoms with Gasteiger partial charge in [-0.1, -0.05) is 60.7 Å². The lowest BCUT2D eigenvalue weighted by molar-refractivity contribution is 0.299. The number of ether oxygens (including phenoxy) is 1. The average Bonchev–Trinajstić information content (AvgIpc) is 3.52. The summed E-state index contributed by atoms with van der Waals surface area (Å²) < 4.78 is 13.8. The number of aromatic nitrogens is 3. The van der Waals surface area contributed by atoms with Gasteiger partial charge in [0.05, 0.1) is 18.3 Å². The maximum absolute atomic E-state index is 8.93. The summed E-state index contributed by atoms with van der Waals surface area (Å²) in [6.07, 6.45) is 4.30. The van der Waals surface area contributed by atoms with Crippen molar-refractivity contribution in [2.45, 2.75) is 39.3 Å². The maximum Gasteiger partial charge on any atom is 0.226 e. The molecule has 37 heavy (non-hydrogen) atoms. The Morgan fingerprint density at radius 2 is 1.62 bits per heavy atom. The number of rotatable bonds is 10. The van der Waals surface area contributed by atoms with Crippen molar-refractivity contribution in [2.24, 2.45) is 0 Å². The molecule has 6 nitrogen and oxygen atoms in total. The summed E-state index contributed by atoms with van der Waals surface area (Å²) in [4.78, 5) is 4.61. The topological polar surface area (TPSA) is 76.9 Å². The van der Waals surface area contributed by atoms with Crippen molar-refractivity contribution in [1.82, 2.24) is 14.8 Å². The minimum atomic E-state index is 0.340. The van der Waals surface area contributed by atoms with Gasteiger partial charge in [-0.05, 0) is 55.2 Å². The molecule has 0 saturated carbocycles. The van der Waals surface area contributed by atoms with Gasteiger partial charge in [-0.3, -0.25) is 4.68 Å². The summed E-state index contributed by atoms with van der Waals surface area (Å²) in [7, 11) is 0. The second-order valence-electron chi connectivity index (χ2n) is 8.90. The predicted molar refractivity (Wildman–Crippen MR) is 143 cm³/mol. The zero-order valence-electron chi connectivity index (χ0n) is 20.8. The number of aryl methyl sites for hydroxylation is 2. The lowest BCUT2D eigenvalue weighted by Gasteiger charge is -2.07. The van der Waals surface area contributed by atoms with Crippen LogP contribution < -0.4 is 4.74 Å². The number of benzene rings is 3. The summed E-state index contributed by atoms with van der Waals surface area (Å²) >= 11 is 0. The van der Waals surface area contributed by atoms with E-state index < -0.39 is 0 Å². The number of hydrogen-bond donors (Lipinski definition) is 0. The highest BCUT2D eigenvalue weighted by molar-refractivity contribution is 5.62. The molecule has 0 N–H and O–H groups in total. The van der Waals surface area contributed by atoms with Crippen LogP contribution in [-0.4, -0.2) is 14.8 Å². The van der Waals surface area contributed by atoms with Crippen LogP contribution >= 0.6 is 0 Å². The Bertz CT molecular complexity index is 1480. The lowest BCUT2D eigenvalue weighted by atomic mass is 10.0. The summed E-state index contributed by atoms with van der Waals surface area (Å²) in [6, 6.07) is 30.3. The molecule has 5 rings (SSSR count). The molecule has 0 saturated heterocycles. The molecule has 0 bridgehead atoms. The first-order chi connectivity index (χ1) is 18.2. The number of nitriles is 1. The number of hydrogen-bond acceptors (Lipinski definition) is 5. The predicted octanol–water partition coefficient (Wildman–Crippen LogP) is 6.99. The molecule has 0 amide bonds. The van der Waals surface area contributed by atoms with Crippen LogP contribution in [0.2, 0.25) is 0 Å². The molecule has 0 spiro atoms. The average molecular weight is 489 g/mol. The van der Waals surface area contributed by atoms with E-state index in [0.29, 0.717) is 25.5 Å². The minimum Gasteiger partial charge on any atom is -0.487 e. The zero-order chi connectivity index (χ0) is 25.5. The van der Waals surface area contributed by atoms with E-state index in [1.807, 2.05) is 72.3 Å². The van der Waals surface area contributed by atoms with Gasteiger partial charge in [0.15, 0.2) is 0 Å². The Kier molecular flexibility index (Phi) is 7.42. The van der Waals surface area contributed by atoms with Gasteiger partial charge in [0.25, 0.3) is 0 Å². The molecule has 5 aromatic rings. The second-order valence-corrected chi connectivity index (χ2v) is 8.90. The Balaban J connectivity index is 1.24. The van der Waals surface area contributed by atoms with Gasteiger partial charge < -0.3 is 9.15 Å². The van der Waals surface area contributed by atoms with Gasteiger partial charge in [0, 0.05) is 23.7 Å². The molecule has 2 aromatic heterocycles. The van der Waals surface area contributed by atoms with E-state index in [4.69, 9.17) is 19.5 Å². The van der Waals surface area contributed by atoms with E-state index >= 15 is 0 Å². The third kappa shape index (κ3) is 5.96. The van der Waals surface area contributed by atoms with Gasteiger partial charge in [-0.2, -0.15) is 10.4 Å². The molecule has 0 aliphatic rings. The van der Waals surface area contributed by atoms with E-state index in [0.717, 1.165) is 52.4 Å². The van der Waals surface area contributed by atoms with Crippen molar-refractivity contribution < 1.29 is 9.15 Å². The van der Waals surface area contributed by atoms with Crippen LogP contribution in [0.25, 0.3) is 22.7 Å². The third-order valence-electron chi connectivity index (χ3n) is 6.18. The summed E-state index contributed by atoms with van der Waals surface area (Å²) in [5, 5.41) is 13.8. The first-order valence-corrected chi connectivity index (χ1v) is 12.4. The summed E-state index contributed by atoms with van der Waals surface area (Å²) in [5.41, 5.74) is 6.11. The van der Waals surface area contributed by atoms with Gasteiger partial charge in [-0.25, -0.2) is 4.98 Å². The number of oxazole rings is 1. The van der Waals surface area contributed by atoms with Crippen LogP contribution in [0.5, 0.6) is 5.75 Å². The van der Waals surface area contributed by atoms with Gasteiger partial charge >= 0.3 is 0 Å². The standard InChI is InChI=1S/C31H28N4O2/c1-23-29(33-31(37-23)26-12-6-3-7-13-26)22-36-28-17-15-24(16-18-28)20-35-21-27(14-8-9-19-32)30(34-35)25-10-4-2-5-11-25/h2-7,10-13,15-18,21H,8-9,14,20,22H2,1H3. The monoisotopic (exact) mass is 488 g/mol. The zero-order valence-corrected chi connectivity index (χ0v) is 20.8. The van der Waals surface area contributed by atoms with Crippen molar-refractivity contribution in [3.05, 3.63) is 114 Å². The Hall–Kier alpha value is -4.63. The quantitative estimate of drug-likeness (QED) is 0.198. The van der Waals surface area contributed by atoms with Crippen LogP contribution in [-0.2, 0) is 19.6 Å². The van der Waals surface area contributed by atoms with Gasteiger partial charge in [0.1, 0.15) is 23.8 Å². The van der Waals surface area contributed by atoms with E-state index in [-0.39, 0.29) is 0 Å². The van der Waals surface area contributed by atoms with Crippen molar-refractivity contribution >= 4 is 0 Å². The highest BCUT2D eigenvalue weighted by atomic mass is 16.5. The fraction of sp³-hybridized carbons (Fsp3) is 0.194. The molecule has 0 fully saturated rings.